The van der Waals surface area contributed by atoms with E-state index in [4.69, 9.17) is 34.2 Å². The first-order valence-electron chi connectivity index (χ1n) is 23.9. The van der Waals surface area contributed by atoms with E-state index in [9.17, 15) is 69.0 Å². The highest BCUT2D eigenvalue weighted by Crippen LogP contribution is 2.33. The molecule has 5 aromatic carbocycles. The van der Waals surface area contributed by atoms with Crippen molar-refractivity contribution in [3.8, 4) is 34.5 Å². The van der Waals surface area contributed by atoms with Crippen LogP contribution in [0.4, 0.5) is 0 Å². The number of nitrogens with zero attached hydrogens (tertiary/aromatic N) is 1. The molecule has 3 atom stereocenters. The molecule has 25 nitrogen and oxygen atoms in total. The summed E-state index contributed by atoms with van der Waals surface area (Å²) in [5.74, 6) is -14.7. The number of nitrogens with two attached hydrogens (primary N) is 1. The van der Waals surface area contributed by atoms with E-state index < -0.39 is 149 Å². The summed E-state index contributed by atoms with van der Waals surface area (Å²) < 4.78 is 32.8. The number of rotatable bonds is 22. The van der Waals surface area contributed by atoms with Crippen LogP contribution in [-0.2, 0) is 49.2 Å². The lowest BCUT2D eigenvalue weighted by atomic mass is 10.0. The van der Waals surface area contributed by atoms with Gasteiger partial charge in [-0.3, -0.25) is 24.0 Å². The van der Waals surface area contributed by atoms with Crippen LogP contribution in [-0.4, -0.2) is 174 Å². The monoisotopic (exact) mass is 1080 g/mol. The Labute approximate surface area is 444 Å². The average molecular weight is 1080 g/mol. The molecule has 1 aliphatic rings. The van der Waals surface area contributed by atoms with Crippen LogP contribution in [0.15, 0.2) is 103 Å². The molecule has 1 heterocycles. The quantitative estimate of drug-likeness (QED) is 0.0201. The van der Waals surface area contributed by atoms with Crippen molar-refractivity contribution in [2.45, 2.75) is 24.5 Å². The van der Waals surface area contributed by atoms with Crippen LogP contribution in [0.2, 0.25) is 0 Å². The molecule has 0 spiro atoms. The smallest absolute Gasteiger partial charge is 0.332 e. The van der Waals surface area contributed by atoms with Gasteiger partial charge >= 0.3 is 17.9 Å². The van der Waals surface area contributed by atoms with Crippen LogP contribution in [0.25, 0.3) is 0 Å². The Kier molecular flexibility index (Phi) is 20.7. The maximum absolute atomic E-state index is 14.5. The molecule has 5 amide bonds. The molecule has 0 aromatic heterocycles. The van der Waals surface area contributed by atoms with Gasteiger partial charge in [0, 0.05) is 24.2 Å². The van der Waals surface area contributed by atoms with Gasteiger partial charge in [-0.15, -0.1) is 0 Å². The Bertz CT molecular complexity index is 2930. The number of carbonyl (C=O) groups is 8. The van der Waals surface area contributed by atoms with Crippen LogP contribution in [0, 0.1) is 0 Å². The molecule has 0 bridgehead atoms. The highest BCUT2D eigenvalue weighted by Gasteiger charge is 2.39. The predicted molar refractivity (Wildman–Crippen MR) is 269 cm³/mol. The number of cyclic esters (lactones) is 3. The van der Waals surface area contributed by atoms with Crippen molar-refractivity contribution in [3.05, 3.63) is 142 Å². The maximum atomic E-state index is 14.5. The Morgan fingerprint density at radius 2 is 1.04 bits per heavy atom. The third-order valence-corrected chi connectivity index (χ3v) is 11.6. The molecule has 5 aromatic rings. The number of phenols is 6. The van der Waals surface area contributed by atoms with Crippen molar-refractivity contribution in [3.63, 3.8) is 0 Å². The highest BCUT2D eigenvalue weighted by atomic mass is 16.6. The van der Waals surface area contributed by atoms with Crippen LogP contribution >= 0.6 is 0 Å². The van der Waals surface area contributed by atoms with E-state index >= 15 is 0 Å². The fraction of sp³-hybridized carbons (Fsp3) is 0.283. The van der Waals surface area contributed by atoms with E-state index in [0.29, 0.717) is 16.9 Å². The summed E-state index contributed by atoms with van der Waals surface area (Å²) >= 11 is 0. The second-order valence-corrected chi connectivity index (χ2v) is 17.0. The first-order chi connectivity index (χ1) is 37.4. The van der Waals surface area contributed by atoms with Gasteiger partial charge in [-0.25, -0.2) is 14.4 Å². The van der Waals surface area contributed by atoms with E-state index in [1.165, 1.54) is 12.1 Å². The van der Waals surface area contributed by atoms with E-state index in [-0.39, 0.29) is 45.5 Å². The summed E-state index contributed by atoms with van der Waals surface area (Å²) in [6.45, 7) is -3.80. The van der Waals surface area contributed by atoms with Gasteiger partial charge in [0.2, 0.25) is 5.91 Å². The van der Waals surface area contributed by atoms with Crippen molar-refractivity contribution in [2.24, 2.45) is 5.73 Å². The lowest BCUT2D eigenvalue weighted by molar-refractivity contribution is -0.163. The lowest BCUT2D eigenvalue weighted by Gasteiger charge is -2.31. The van der Waals surface area contributed by atoms with Gasteiger partial charge in [0.1, 0.15) is 19.8 Å². The van der Waals surface area contributed by atoms with E-state index in [0.717, 1.165) is 47.5 Å². The minimum atomic E-state index is -2.07. The summed E-state index contributed by atoms with van der Waals surface area (Å²) in [7, 11) is 0. The molecule has 1 aliphatic heterocycles. The zero-order valence-corrected chi connectivity index (χ0v) is 41.5. The van der Waals surface area contributed by atoms with E-state index in [2.05, 4.69) is 16.0 Å². The molecule has 0 saturated carbocycles. The summed E-state index contributed by atoms with van der Waals surface area (Å²) in [6.07, 6.45) is 0.673. The fourth-order valence-electron chi connectivity index (χ4n) is 7.49. The number of aromatic hydroxyl groups is 6. The second kappa shape index (κ2) is 27.9. The molecule has 6 rings (SSSR count). The topological polar surface area (TPSA) is 379 Å². The average Bonchev–Trinajstić information content (AvgIpc) is 3.48. The number of carbonyl (C=O) groups excluding carboxylic acids is 8. The van der Waals surface area contributed by atoms with Gasteiger partial charge in [-0.2, -0.15) is 0 Å². The maximum Gasteiger partial charge on any atom is 0.332 e. The van der Waals surface area contributed by atoms with Crippen LogP contribution in [0.3, 0.4) is 0 Å². The molecule has 78 heavy (non-hydrogen) atoms. The van der Waals surface area contributed by atoms with Crippen molar-refractivity contribution in [1.82, 2.24) is 20.9 Å². The summed E-state index contributed by atoms with van der Waals surface area (Å²) in [5.41, 5.74) is 5.65. The van der Waals surface area contributed by atoms with Crippen molar-refractivity contribution >= 4 is 47.4 Å². The first-order valence-corrected chi connectivity index (χ1v) is 23.9. The van der Waals surface area contributed by atoms with Gasteiger partial charge < -0.3 is 85.6 Å². The number of ether oxygens (including phenoxy) is 6. The summed E-state index contributed by atoms with van der Waals surface area (Å²) in [6, 6.07) is 19.3. The van der Waals surface area contributed by atoms with E-state index in [1.54, 1.807) is 6.07 Å². The van der Waals surface area contributed by atoms with Crippen LogP contribution in [0.1, 0.15) is 62.9 Å². The largest absolute Gasteiger partial charge is 0.504 e. The van der Waals surface area contributed by atoms with Crippen molar-refractivity contribution < 1.29 is 97.4 Å². The number of primary amides is 1. The Morgan fingerprint density at radius 3 is 1.63 bits per heavy atom. The van der Waals surface area contributed by atoms with E-state index in [1.807, 2.05) is 48.5 Å². The Hall–Kier alpha value is -9.46. The third-order valence-electron chi connectivity index (χ3n) is 11.6. The zero-order chi connectivity index (χ0) is 56.3. The number of hydrogen-bond acceptors (Lipinski definition) is 20. The molecule has 25 heteroatoms. The molecule has 1 saturated heterocycles. The normalized spacial score (nSPS) is 15.7. The first kappa shape index (κ1) is 57.8. The number of amides is 5. The highest BCUT2D eigenvalue weighted by molar-refractivity contribution is 6.04. The number of esters is 3. The van der Waals surface area contributed by atoms with Gasteiger partial charge in [0.05, 0.1) is 56.3 Å². The van der Waals surface area contributed by atoms with Gasteiger partial charge in [-0.1, -0.05) is 54.6 Å². The van der Waals surface area contributed by atoms with Gasteiger partial charge in [0.15, 0.2) is 52.6 Å². The Balaban J connectivity index is 1.13. The molecule has 0 radical (unpaired) electrons. The third kappa shape index (κ3) is 15.8. The second-order valence-electron chi connectivity index (χ2n) is 17.0. The van der Waals surface area contributed by atoms with Crippen LogP contribution in [0.5, 0.6) is 34.5 Å². The Morgan fingerprint density at radius 1 is 0.526 bits per heavy atom. The standard InChI is InChI=1S/C53H55N5O20/c54-46(65)33-25-36(45(64)42(61)26-33)50(69)58(16-18-74-20-22-75-21-19-73-17-15-55-47(66)32-10-4-9-31(24-32)23-30-7-2-1-3-8-30)39-29-78-52(71)37(56-48(67)34-11-5-13-40(59)43(34)62)27-76-51(70)38(28-77-53(39)72)57-49(68)35-12-6-14-41(60)44(35)63/h1-14,24-26,37-39,59-64H,15-23,27-29H2,(H2,54,65)(H,55,66)(H,56,67)(H,57,68)/t37-,38-,39-/m0/s1. The minimum absolute atomic E-state index is 0.0250. The molecule has 1 fully saturated rings. The van der Waals surface area contributed by atoms with Crippen LogP contribution < -0.4 is 21.7 Å². The molecular weight excluding hydrogens is 1030 g/mol. The number of phenolic OH excluding ortho intramolecular Hbond substituents is 6. The number of para-hydroxylation sites is 2. The minimum Gasteiger partial charge on any atom is -0.504 e. The molecular formula is C53H55N5O20. The number of hydrogen-bond donors (Lipinski definition) is 10. The SMILES string of the molecule is NC(=O)c1cc(O)c(O)c(C(=O)N(CCOCCOCCOCCNC(=O)c2cccc(Cc3ccccc3)c2)[C@H]2COC(=O)[C@@H](NC(=O)c3cccc(O)c3O)COC(=O)[C@@H](NC(=O)c3cccc(O)c3O)COC2=O)c1. The summed E-state index contributed by atoms with van der Waals surface area (Å²) in [5, 5.41) is 69.2. The predicted octanol–water partition coefficient (Wildman–Crippen LogP) is 1.14. The number of benzene rings is 5. The lowest BCUT2D eigenvalue weighted by Crippen LogP contribution is -2.54. The molecule has 11 N–H and O–H groups in total. The summed E-state index contributed by atoms with van der Waals surface area (Å²) in [4.78, 5) is 108. The van der Waals surface area contributed by atoms with Gasteiger partial charge in [0.25, 0.3) is 23.6 Å². The van der Waals surface area contributed by atoms with Crippen molar-refractivity contribution in [2.75, 3.05) is 72.6 Å². The molecule has 0 unspecified atom stereocenters. The number of nitrogens with one attached hydrogen (secondary N) is 3. The fourth-order valence-corrected chi connectivity index (χ4v) is 7.49. The molecule has 412 valence electrons. The van der Waals surface area contributed by atoms with Crippen molar-refractivity contribution in [1.29, 1.82) is 0 Å². The van der Waals surface area contributed by atoms with Gasteiger partial charge in [-0.05, 0) is 66.1 Å². The molecule has 0 aliphatic carbocycles. The zero-order valence-electron chi connectivity index (χ0n) is 41.5.